The molecule has 2 aliphatic rings. The number of anilines is 2. The lowest BCUT2D eigenvalue weighted by Gasteiger charge is -2.32. The molecule has 0 aliphatic carbocycles. The van der Waals surface area contributed by atoms with E-state index in [1.165, 1.54) is 19.2 Å². The van der Waals surface area contributed by atoms with Gasteiger partial charge in [0, 0.05) is 56.0 Å². The number of aromatic amines is 1. The number of rotatable bonds is 7. The highest BCUT2D eigenvalue weighted by Crippen LogP contribution is 2.42. The number of hydrogen-bond donors (Lipinski definition) is 4. The van der Waals surface area contributed by atoms with E-state index in [9.17, 15) is 19.6 Å². The van der Waals surface area contributed by atoms with Crippen LogP contribution in [0.25, 0.3) is 33.6 Å². The van der Waals surface area contributed by atoms with Crippen LogP contribution >= 0.6 is 0 Å². The number of benzene rings is 1. The van der Waals surface area contributed by atoms with Gasteiger partial charge in [-0.15, -0.1) is 0 Å². The number of nitriles is 1. The fraction of sp³-hybridized carbons (Fsp3) is 0.487. The second-order valence-corrected chi connectivity index (χ2v) is 15.8. The minimum Gasteiger partial charge on any atom is -0.497 e. The quantitative estimate of drug-likeness (QED) is 0.152. The van der Waals surface area contributed by atoms with Crippen LogP contribution in [-0.4, -0.2) is 94.9 Å². The van der Waals surface area contributed by atoms with E-state index < -0.39 is 35.2 Å². The first-order valence-corrected chi connectivity index (χ1v) is 18.6. The number of ether oxygens (including phenoxy) is 3. The molecule has 16 nitrogen and oxygen atoms in total. The summed E-state index contributed by atoms with van der Waals surface area (Å²) in [7, 11) is 1.43. The maximum absolute atomic E-state index is 15.6. The summed E-state index contributed by atoms with van der Waals surface area (Å²) in [4.78, 5) is 46.6. The van der Waals surface area contributed by atoms with Crippen molar-refractivity contribution in [1.82, 2.24) is 30.7 Å². The summed E-state index contributed by atoms with van der Waals surface area (Å²) in [6.07, 6.45) is 1.34. The van der Waals surface area contributed by atoms with E-state index in [-0.39, 0.29) is 51.7 Å². The first-order chi connectivity index (χ1) is 26.5. The number of likely N-dealkylation sites (tertiary alicyclic amines) is 1. The molecule has 56 heavy (non-hydrogen) atoms. The van der Waals surface area contributed by atoms with Gasteiger partial charge in [0.1, 0.15) is 34.6 Å². The normalized spacial score (nSPS) is 15.6. The van der Waals surface area contributed by atoms with Crippen molar-refractivity contribution in [3.63, 3.8) is 0 Å². The first-order valence-electron chi connectivity index (χ1n) is 18.6. The van der Waals surface area contributed by atoms with Crippen LogP contribution in [0.2, 0.25) is 0 Å². The molecular formula is C39H48FN9O7. The zero-order chi connectivity index (χ0) is 40.4. The van der Waals surface area contributed by atoms with Crippen LogP contribution in [0.3, 0.4) is 0 Å². The van der Waals surface area contributed by atoms with E-state index in [0.717, 1.165) is 0 Å². The number of hydrogen-bond acceptors (Lipinski definition) is 11. The maximum atomic E-state index is 15.6. The summed E-state index contributed by atoms with van der Waals surface area (Å²) in [6, 6.07) is 9.29. The number of piperidine rings is 2. The highest BCUT2D eigenvalue weighted by Gasteiger charge is 2.31. The van der Waals surface area contributed by atoms with Crippen LogP contribution < -0.4 is 25.6 Å². The van der Waals surface area contributed by atoms with Crippen molar-refractivity contribution in [1.29, 1.82) is 5.26 Å². The smallest absolute Gasteiger partial charge is 0.407 e. The molecule has 4 aromatic rings. The number of aromatic nitrogens is 3. The van der Waals surface area contributed by atoms with Crippen LogP contribution in [0.15, 0.2) is 34.7 Å². The molecule has 0 bridgehead atoms. The number of methoxy groups -OCH3 is 1. The van der Waals surface area contributed by atoms with Gasteiger partial charge >= 0.3 is 18.2 Å². The number of H-pyrrole nitrogens is 1. The average Bonchev–Trinajstić information content (AvgIpc) is 3.77. The summed E-state index contributed by atoms with van der Waals surface area (Å²) >= 11 is 0. The molecule has 298 valence electrons. The number of nitrogens with zero attached hydrogens (tertiary/aromatic N) is 5. The van der Waals surface area contributed by atoms with E-state index in [2.05, 4.69) is 37.2 Å². The zero-order valence-corrected chi connectivity index (χ0v) is 32.7. The number of amides is 4. The Morgan fingerprint density at radius 2 is 1.54 bits per heavy atom. The van der Waals surface area contributed by atoms with Crippen molar-refractivity contribution in [3.05, 3.63) is 41.7 Å². The predicted octanol–water partition coefficient (Wildman–Crippen LogP) is 6.92. The molecule has 2 fully saturated rings. The zero-order valence-electron chi connectivity index (χ0n) is 32.7. The lowest BCUT2D eigenvalue weighted by atomic mass is 9.97. The molecule has 2 saturated heterocycles. The van der Waals surface area contributed by atoms with Gasteiger partial charge in [0.2, 0.25) is 0 Å². The number of alkyl carbamates (subject to hydrolysis) is 2. The predicted molar refractivity (Wildman–Crippen MR) is 206 cm³/mol. The molecule has 0 atom stereocenters. The Bertz CT molecular complexity index is 2130. The summed E-state index contributed by atoms with van der Waals surface area (Å²) in [5.41, 5.74) is -0.675. The number of fused-ring (bicyclic) bond motifs is 1. The Morgan fingerprint density at radius 1 is 0.929 bits per heavy atom. The molecule has 0 saturated carbocycles. The van der Waals surface area contributed by atoms with Gasteiger partial charge in [0.05, 0.1) is 29.3 Å². The Balaban J connectivity index is 1.28. The Hall–Kier alpha value is -6.05. The van der Waals surface area contributed by atoms with Gasteiger partial charge in [-0.3, -0.25) is 10.4 Å². The number of carbonyl (C=O) groups excluding carboxylic acids is 3. The Morgan fingerprint density at radius 3 is 2.09 bits per heavy atom. The van der Waals surface area contributed by atoms with Crippen molar-refractivity contribution in [2.75, 3.05) is 43.5 Å². The van der Waals surface area contributed by atoms with Gasteiger partial charge in [-0.25, -0.2) is 23.8 Å². The Kier molecular flexibility index (Phi) is 11.3. The molecule has 2 aliphatic heterocycles. The topological polar surface area (TPSA) is 200 Å². The monoisotopic (exact) mass is 773 g/mol. The lowest BCUT2D eigenvalue weighted by molar-refractivity contribution is 0.0478. The van der Waals surface area contributed by atoms with Gasteiger partial charge in [0.15, 0.2) is 17.3 Å². The number of urea groups is 1. The van der Waals surface area contributed by atoms with Crippen LogP contribution in [0, 0.1) is 17.1 Å². The molecule has 3 aromatic heterocycles. The van der Waals surface area contributed by atoms with E-state index in [1.807, 2.05) is 25.7 Å². The van der Waals surface area contributed by atoms with E-state index in [4.69, 9.17) is 18.6 Å². The summed E-state index contributed by atoms with van der Waals surface area (Å²) in [6.45, 7) is 12.7. The number of nitrogens with one attached hydrogen (secondary N) is 4. The maximum Gasteiger partial charge on any atom is 0.407 e. The number of furan rings is 1. The fourth-order valence-electron chi connectivity index (χ4n) is 6.75. The molecule has 4 N–H and O–H groups in total. The molecule has 6 rings (SSSR count). The molecule has 0 radical (unpaired) electrons. The average molecular weight is 774 g/mol. The van der Waals surface area contributed by atoms with Crippen molar-refractivity contribution < 1.29 is 37.4 Å². The highest BCUT2D eigenvalue weighted by atomic mass is 19.1. The summed E-state index contributed by atoms with van der Waals surface area (Å²) in [5.74, 6) is 0.548. The van der Waals surface area contributed by atoms with Crippen LogP contribution in [0.1, 0.15) is 72.8 Å². The molecule has 4 amide bonds. The SMILES string of the molecule is COc1ccc(-c2nc3[nH]nc(NC(=O)N4CCC(NC(=O)OC(C)(C)C)CC4)c3c(-c3ccc(N4CCC(NC(=O)OC(C)(C)C)CC4)o3)c2C#N)c(F)c1. The highest BCUT2D eigenvalue weighted by molar-refractivity contribution is 6.08. The molecular weight excluding hydrogens is 725 g/mol. The third kappa shape index (κ3) is 9.24. The molecule has 1 aromatic carbocycles. The molecule has 17 heteroatoms. The van der Waals surface area contributed by atoms with Gasteiger partial charge in [-0.2, -0.15) is 10.4 Å². The van der Waals surface area contributed by atoms with Crippen LogP contribution in [0.5, 0.6) is 5.75 Å². The van der Waals surface area contributed by atoms with Crippen LogP contribution in [0.4, 0.5) is 30.5 Å². The van der Waals surface area contributed by atoms with Crippen molar-refractivity contribution >= 4 is 41.0 Å². The second-order valence-electron chi connectivity index (χ2n) is 15.8. The van der Waals surface area contributed by atoms with E-state index >= 15 is 4.39 Å². The molecule has 5 heterocycles. The van der Waals surface area contributed by atoms with Crippen LogP contribution in [-0.2, 0) is 9.47 Å². The molecule has 0 spiro atoms. The number of pyridine rings is 1. The summed E-state index contributed by atoms with van der Waals surface area (Å²) < 4.78 is 38.0. The minimum absolute atomic E-state index is 0.00802. The minimum atomic E-state index is -0.653. The van der Waals surface area contributed by atoms with Gasteiger partial charge in [0.25, 0.3) is 0 Å². The number of halogens is 1. The second kappa shape index (κ2) is 16.0. The first kappa shape index (κ1) is 39.6. The van der Waals surface area contributed by atoms with E-state index in [0.29, 0.717) is 68.9 Å². The summed E-state index contributed by atoms with van der Waals surface area (Å²) in [5, 5.41) is 26.9. The van der Waals surface area contributed by atoms with Gasteiger partial charge in [-0.05, 0) is 85.4 Å². The third-order valence-electron chi connectivity index (χ3n) is 9.34. The van der Waals surface area contributed by atoms with Crippen molar-refractivity contribution in [2.45, 2.75) is 90.5 Å². The van der Waals surface area contributed by atoms with Crippen molar-refractivity contribution in [3.8, 4) is 34.4 Å². The van der Waals surface area contributed by atoms with Gasteiger partial charge < -0.3 is 39.1 Å². The van der Waals surface area contributed by atoms with Gasteiger partial charge in [-0.1, -0.05) is 0 Å². The lowest BCUT2D eigenvalue weighted by Crippen LogP contribution is -2.48. The standard InChI is InChI=1S/C39H48FN9O7/c1-38(2,3)55-36(51)42-22-12-16-48(17-13-22)29-11-10-28(54-29)30-26(21-41)32(25-9-8-24(53-7)20-27(25)40)44-33-31(30)34(47-46-33)45-35(50)49-18-14-23(15-19-49)43-37(52)56-39(4,5)6/h8-11,20,22-23H,12-19H2,1-7H3,(H,42,51)(H,43,52)(H2,44,45,46,47,50). The largest absolute Gasteiger partial charge is 0.497 e. The number of carbonyl (C=O) groups is 3. The van der Waals surface area contributed by atoms with Crippen molar-refractivity contribution in [2.24, 2.45) is 0 Å². The Labute approximate surface area is 324 Å². The molecule has 0 unspecified atom stereocenters. The third-order valence-corrected chi connectivity index (χ3v) is 9.34. The van der Waals surface area contributed by atoms with E-state index in [1.54, 1.807) is 43.9 Å². The fourth-order valence-corrected chi connectivity index (χ4v) is 6.75.